The number of benzene rings is 1. The lowest BCUT2D eigenvalue weighted by atomic mass is 10.0. The Morgan fingerprint density at radius 1 is 1.33 bits per heavy atom. The van der Waals surface area contributed by atoms with Gasteiger partial charge in [-0.05, 0) is 37.0 Å². The molecule has 3 amide bonds. The Bertz CT molecular complexity index is 872. The molecular formula is C17H23FN4O4S. The first-order valence-corrected chi connectivity index (χ1v) is 10.3. The monoisotopic (exact) mass is 398 g/mol. The fraction of sp³-hybridized carbons (Fsp3) is 0.529. The topological polar surface area (TPSA) is 98.8 Å². The Balaban J connectivity index is 1.74. The summed E-state index contributed by atoms with van der Waals surface area (Å²) in [4.78, 5) is 25.4. The molecule has 27 heavy (non-hydrogen) atoms. The van der Waals surface area contributed by atoms with Crippen LogP contribution in [0, 0.1) is 5.82 Å². The van der Waals surface area contributed by atoms with E-state index in [1.165, 1.54) is 31.1 Å². The van der Waals surface area contributed by atoms with Crippen molar-refractivity contribution in [3.05, 3.63) is 23.5 Å². The summed E-state index contributed by atoms with van der Waals surface area (Å²) in [6.07, 6.45) is 1.77. The fourth-order valence-corrected chi connectivity index (χ4v) is 4.78. The first-order valence-electron chi connectivity index (χ1n) is 8.78. The molecular weight excluding hydrogens is 375 g/mol. The van der Waals surface area contributed by atoms with Gasteiger partial charge in [0.25, 0.3) is 0 Å². The van der Waals surface area contributed by atoms with Crippen LogP contribution in [0.4, 0.5) is 20.6 Å². The van der Waals surface area contributed by atoms with E-state index in [4.69, 9.17) is 0 Å². The van der Waals surface area contributed by atoms with Crippen LogP contribution in [0.2, 0.25) is 0 Å². The lowest BCUT2D eigenvalue weighted by Crippen LogP contribution is -2.49. The highest BCUT2D eigenvalue weighted by Crippen LogP contribution is 2.29. The van der Waals surface area contributed by atoms with Crippen LogP contribution in [0.5, 0.6) is 0 Å². The van der Waals surface area contributed by atoms with Gasteiger partial charge in [-0.1, -0.05) is 0 Å². The van der Waals surface area contributed by atoms with Crippen LogP contribution < -0.4 is 10.6 Å². The normalized spacial score (nSPS) is 20.2. The maximum atomic E-state index is 14.3. The van der Waals surface area contributed by atoms with Gasteiger partial charge in [0.1, 0.15) is 5.82 Å². The van der Waals surface area contributed by atoms with Crippen LogP contribution in [0.3, 0.4) is 0 Å². The lowest BCUT2D eigenvalue weighted by molar-refractivity contribution is -0.116. The van der Waals surface area contributed by atoms with Crippen molar-refractivity contribution in [2.75, 3.05) is 37.8 Å². The van der Waals surface area contributed by atoms with Gasteiger partial charge in [0.15, 0.2) is 0 Å². The summed E-state index contributed by atoms with van der Waals surface area (Å²) in [5.41, 5.74) is 1.12. The molecule has 0 saturated carbocycles. The molecule has 148 valence electrons. The summed E-state index contributed by atoms with van der Waals surface area (Å²) in [6.45, 7) is 0.449. The number of nitrogens with zero attached hydrogens (tertiary/aromatic N) is 2. The predicted octanol–water partition coefficient (Wildman–Crippen LogP) is 1.60. The van der Waals surface area contributed by atoms with Crippen LogP contribution in [0.1, 0.15) is 24.8 Å². The minimum absolute atomic E-state index is 0.0430. The highest BCUT2D eigenvalue weighted by molar-refractivity contribution is 7.89. The predicted molar refractivity (Wildman–Crippen MR) is 99.6 cm³/mol. The van der Waals surface area contributed by atoms with E-state index in [9.17, 15) is 22.4 Å². The molecule has 1 unspecified atom stereocenters. The van der Waals surface area contributed by atoms with Crippen LogP contribution in [0.15, 0.2) is 12.1 Å². The van der Waals surface area contributed by atoms with E-state index in [1.54, 1.807) is 0 Å². The first-order chi connectivity index (χ1) is 12.7. The highest BCUT2D eigenvalue weighted by atomic mass is 32.2. The van der Waals surface area contributed by atoms with E-state index >= 15 is 0 Å². The number of anilines is 2. The summed E-state index contributed by atoms with van der Waals surface area (Å²) >= 11 is 0. The van der Waals surface area contributed by atoms with Crippen molar-refractivity contribution < 1.29 is 22.4 Å². The Hall–Kier alpha value is -2.20. The van der Waals surface area contributed by atoms with Gasteiger partial charge in [-0.2, -0.15) is 0 Å². The molecule has 2 aliphatic rings. The van der Waals surface area contributed by atoms with Crippen molar-refractivity contribution in [1.82, 2.24) is 9.21 Å². The van der Waals surface area contributed by atoms with Gasteiger partial charge in [0, 0.05) is 39.3 Å². The van der Waals surface area contributed by atoms with Gasteiger partial charge in [-0.15, -0.1) is 0 Å². The molecule has 2 N–H and O–H groups in total. The molecule has 10 heteroatoms. The van der Waals surface area contributed by atoms with Gasteiger partial charge in [-0.3, -0.25) is 4.79 Å². The number of halogens is 1. The van der Waals surface area contributed by atoms with Gasteiger partial charge in [0.2, 0.25) is 15.9 Å². The summed E-state index contributed by atoms with van der Waals surface area (Å²) in [6, 6.07) is 2.15. The lowest BCUT2D eigenvalue weighted by Gasteiger charge is -2.33. The highest BCUT2D eigenvalue weighted by Gasteiger charge is 2.34. The molecule has 0 aromatic heterocycles. The molecule has 1 atom stereocenters. The number of nitrogens with one attached hydrogen (secondary N) is 2. The van der Waals surface area contributed by atoms with Crippen LogP contribution in [-0.2, 0) is 21.2 Å². The van der Waals surface area contributed by atoms with E-state index in [1.807, 2.05) is 0 Å². The quantitative estimate of drug-likeness (QED) is 0.808. The largest absolute Gasteiger partial charge is 0.326 e. The molecule has 1 saturated heterocycles. The fourth-order valence-electron chi connectivity index (χ4n) is 3.35. The number of amides is 3. The van der Waals surface area contributed by atoms with Crippen molar-refractivity contribution >= 4 is 33.3 Å². The smallest absolute Gasteiger partial charge is 0.321 e. The summed E-state index contributed by atoms with van der Waals surface area (Å²) < 4.78 is 40.1. The zero-order valence-electron chi connectivity index (χ0n) is 15.3. The van der Waals surface area contributed by atoms with Gasteiger partial charge >= 0.3 is 6.03 Å². The van der Waals surface area contributed by atoms with Crippen LogP contribution in [0.25, 0.3) is 0 Å². The molecule has 0 bridgehead atoms. The number of hydrogen-bond acceptors (Lipinski definition) is 4. The average molecular weight is 398 g/mol. The summed E-state index contributed by atoms with van der Waals surface area (Å²) in [5, 5.41) is 4.48. The molecule has 1 fully saturated rings. The zero-order chi connectivity index (χ0) is 19.8. The number of carbonyl (C=O) groups excluding carboxylic acids is 2. The molecule has 2 aliphatic heterocycles. The summed E-state index contributed by atoms with van der Waals surface area (Å²) in [5.74, 6) is -0.744. The van der Waals surface area contributed by atoms with Crippen LogP contribution in [-0.4, -0.2) is 62.0 Å². The summed E-state index contributed by atoms with van der Waals surface area (Å²) in [7, 11) is -0.549. The van der Waals surface area contributed by atoms with E-state index in [-0.39, 0.29) is 18.1 Å². The Morgan fingerprint density at radius 2 is 2.07 bits per heavy atom. The molecule has 1 aromatic carbocycles. The van der Waals surface area contributed by atoms with E-state index in [0.717, 1.165) is 4.31 Å². The number of hydrogen-bond donors (Lipinski definition) is 2. The molecule has 3 rings (SSSR count). The number of likely N-dealkylation sites (tertiary alicyclic amines) is 1. The number of fused-ring (bicyclic) bond motifs is 1. The molecule has 2 heterocycles. The maximum Gasteiger partial charge on any atom is 0.321 e. The number of rotatable bonds is 3. The molecule has 0 radical (unpaired) electrons. The van der Waals surface area contributed by atoms with Gasteiger partial charge < -0.3 is 15.5 Å². The second kappa shape index (κ2) is 7.43. The third-order valence-corrected chi connectivity index (χ3v) is 7.17. The number of sulfonamides is 1. The van der Waals surface area contributed by atoms with E-state index < -0.39 is 27.1 Å². The first kappa shape index (κ1) is 19.6. The molecule has 8 nitrogen and oxygen atoms in total. The third-order valence-electron chi connectivity index (χ3n) is 4.93. The molecule has 0 aliphatic carbocycles. The molecule has 0 spiro atoms. The Kier molecular flexibility index (Phi) is 5.38. The SMILES string of the molecule is CN(C)S(=O)(=O)C1CCCN(C(=O)Nc2cc3c(cc2F)CCC(=O)N3)C1. The van der Waals surface area contributed by atoms with Crippen molar-refractivity contribution in [1.29, 1.82) is 0 Å². The zero-order valence-corrected chi connectivity index (χ0v) is 16.1. The molecule has 1 aromatic rings. The van der Waals surface area contributed by atoms with Crippen LogP contribution >= 0.6 is 0 Å². The van der Waals surface area contributed by atoms with Crippen molar-refractivity contribution in [2.24, 2.45) is 0 Å². The van der Waals surface area contributed by atoms with Crippen molar-refractivity contribution in [2.45, 2.75) is 30.9 Å². The van der Waals surface area contributed by atoms with Crippen molar-refractivity contribution in [3.8, 4) is 0 Å². The van der Waals surface area contributed by atoms with Crippen molar-refractivity contribution in [3.63, 3.8) is 0 Å². The maximum absolute atomic E-state index is 14.3. The third kappa shape index (κ3) is 4.06. The Morgan fingerprint density at radius 3 is 2.78 bits per heavy atom. The number of piperidine rings is 1. The number of urea groups is 1. The van der Waals surface area contributed by atoms with E-state index in [0.29, 0.717) is 43.5 Å². The minimum atomic E-state index is -3.48. The number of aryl methyl sites for hydroxylation is 1. The second-order valence-electron chi connectivity index (χ2n) is 7.01. The standard InChI is InChI=1S/C17H23FN4O4S/c1-21(2)27(25,26)12-4-3-7-22(10-12)17(24)20-15-9-14-11(8-13(15)18)5-6-16(23)19-14/h8-9,12H,3-7,10H2,1-2H3,(H,19,23)(H,20,24). The van der Waals surface area contributed by atoms with Gasteiger partial charge in [-0.25, -0.2) is 21.9 Å². The second-order valence-corrected chi connectivity index (χ2v) is 9.43. The van der Waals surface area contributed by atoms with E-state index in [2.05, 4.69) is 10.6 Å². The number of carbonyl (C=O) groups is 2. The van der Waals surface area contributed by atoms with Gasteiger partial charge in [0.05, 0.1) is 10.9 Å². The average Bonchev–Trinajstić information content (AvgIpc) is 2.62. The minimum Gasteiger partial charge on any atom is -0.326 e. The Labute approximate surface area is 157 Å².